The Labute approximate surface area is 102 Å². The molecule has 0 saturated carbocycles. The van der Waals surface area contributed by atoms with E-state index in [4.69, 9.17) is 10.8 Å². The van der Waals surface area contributed by atoms with Crippen LogP contribution < -0.4 is 5.73 Å². The monoisotopic (exact) mass is 260 g/mol. The molecule has 1 saturated heterocycles. The van der Waals surface area contributed by atoms with Gasteiger partial charge in [-0.15, -0.1) is 11.8 Å². The van der Waals surface area contributed by atoms with Crippen LogP contribution in [0, 0.1) is 0 Å². The maximum absolute atomic E-state index is 11.5. The van der Waals surface area contributed by atoms with E-state index in [1.54, 1.807) is 6.92 Å². The van der Waals surface area contributed by atoms with Crippen LogP contribution in [0.3, 0.4) is 0 Å². The van der Waals surface area contributed by atoms with E-state index in [1.165, 1.54) is 16.7 Å². The first-order valence-electron chi connectivity index (χ1n) is 4.78. The molecule has 0 bridgehead atoms. The van der Waals surface area contributed by atoms with E-state index >= 15 is 0 Å². The quantitative estimate of drug-likeness (QED) is 0.476. The Morgan fingerprint density at radius 3 is 2.81 bits per heavy atom. The molecule has 0 aromatic rings. The summed E-state index contributed by atoms with van der Waals surface area (Å²) in [6.45, 7) is 1.73. The minimum absolute atomic E-state index is 0.00910. The lowest BCUT2D eigenvalue weighted by Gasteiger charge is -2.49. The van der Waals surface area contributed by atoms with E-state index in [-0.39, 0.29) is 22.2 Å². The van der Waals surface area contributed by atoms with E-state index in [0.29, 0.717) is 11.3 Å². The smallest absolute Gasteiger partial charge is 0.352 e. The van der Waals surface area contributed by atoms with Crippen LogP contribution in [0.1, 0.15) is 6.92 Å². The summed E-state index contributed by atoms with van der Waals surface area (Å²) in [6, 6.07) is -0.588. The minimum Gasteiger partial charge on any atom is -0.477 e. The molecule has 3 atom stereocenters. The second-order valence-corrected chi connectivity index (χ2v) is 5.46. The SMILES string of the molecule is CC1=C(C(=O)O)N2C(=O)C(N)[C@H]2SC1CS. The Balaban J connectivity index is 2.42. The summed E-state index contributed by atoms with van der Waals surface area (Å²) in [5.41, 5.74) is 6.41. The van der Waals surface area contributed by atoms with Gasteiger partial charge >= 0.3 is 5.97 Å². The summed E-state index contributed by atoms with van der Waals surface area (Å²) in [4.78, 5) is 23.9. The molecule has 2 heterocycles. The summed E-state index contributed by atoms with van der Waals surface area (Å²) >= 11 is 5.69. The number of nitrogens with two attached hydrogens (primary N) is 1. The third kappa shape index (κ3) is 1.46. The molecule has 1 fully saturated rings. The summed E-state index contributed by atoms with van der Waals surface area (Å²) in [7, 11) is 0. The highest BCUT2D eigenvalue weighted by Gasteiger charge is 2.53. The zero-order valence-electron chi connectivity index (χ0n) is 8.58. The third-order valence-electron chi connectivity index (χ3n) is 2.85. The molecular formula is C9H12N2O3S2. The molecule has 2 aliphatic heterocycles. The first-order chi connectivity index (χ1) is 7.49. The Morgan fingerprint density at radius 1 is 1.69 bits per heavy atom. The number of fused-ring (bicyclic) bond motifs is 1. The van der Waals surface area contributed by atoms with Crippen molar-refractivity contribution in [3.63, 3.8) is 0 Å². The van der Waals surface area contributed by atoms with Gasteiger partial charge in [-0.3, -0.25) is 9.69 Å². The molecule has 16 heavy (non-hydrogen) atoms. The van der Waals surface area contributed by atoms with Crippen molar-refractivity contribution in [3.8, 4) is 0 Å². The van der Waals surface area contributed by atoms with Gasteiger partial charge in [-0.2, -0.15) is 12.6 Å². The van der Waals surface area contributed by atoms with Gasteiger partial charge in [0.25, 0.3) is 0 Å². The maximum atomic E-state index is 11.5. The van der Waals surface area contributed by atoms with Gasteiger partial charge in [0.1, 0.15) is 17.1 Å². The number of amides is 1. The lowest BCUT2D eigenvalue weighted by Crippen LogP contribution is -2.69. The highest BCUT2D eigenvalue weighted by atomic mass is 32.2. The van der Waals surface area contributed by atoms with Crippen LogP contribution in [-0.2, 0) is 9.59 Å². The zero-order valence-corrected chi connectivity index (χ0v) is 10.3. The average molecular weight is 260 g/mol. The van der Waals surface area contributed by atoms with Crippen LogP contribution in [0.2, 0.25) is 0 Å². The Bertz CT molecular complexity index is 396. The van der Waals surface area contributed by atoms with Crippen molar-refractivity contribution >= 4 is 36.3 Å². The fourth-order valence-electron chi connectivity index (χ4n) is 1.93. The zero-order chi connectivity index (χ0) is 12.0. The largest absolute Gasteiger partial charge is 0.477 e. The molecule has 3 N–H and O–H groups in total. The first-order valence-corrected chi connectivity index (χ1v) is 6.35. The number of aliphatic carboxylic acids is 1. The van der Waals surface area contributed by atoms with Gasteiger partial charge in [-0.1, -0.05) is 0 Å². The van der Waals surface area contributed by atoms with Gasteiger partial charge < -0.3 is 10.8 Å². The van der Waals surface area contributed by atoms with Crippen molar-refractivity contribution in [3.05, 3.63) is 11.3 Å². The Kier molecular flexibility index (Phi) is 2.93. The van der Waals surface area contributed by atoms with Gasteiger partial charge in [0.05, 0.1) is 0 Å². The van der Waals surface area contributed by atoms with Crippen molar-refractivity contribution in [1.29, 1.82) is 0 Å². The molecule has 0 aromatic carbocycles. The summed E-state index contributed by atoms with van der Waals surface area (Å²) in [5, 5.41) is 8.88. The molecule has 0 aliphatic carbocycles. The lowest BCUT2D eigenvalue weighted by atomic mass is 10.0. The summed E-state index contributed by atoms with van der Waals surface area (Å²) < 4.78 is 0. The van der Waals surface area contributed by atoms with E-state index in [1.807, 2.05) is 0 Å². The van der Waals surface area contributed by atoms with E-state index < -0.39 is 12.0 Å². The number of nitrogens with zero attached hydrogens (tertiary/aromatic N) is 1. The molecule has 5 nitrogen and oxygen atoms in total. The highest BCUT2D eigenvalue weighted by molar-refractivity contribution is 8.01. The van der Waals surface area contributed by atoms with Gasteiger partial charge in [0.15, 0.2) is 0 Å². The van der Waals surface area contributed by atoms with Crippen LogP contribution in [0.4, 0.5) is 0 Å². The number of hydrogen-bond acceptors (Lipinski definition) is 5. The molecule has 88 valence electrons. The number of carbonyl (C=O) groups excluding carboxylic acids is 1. The standard InChI is InChI=1S/C9H12N2O3S2/c1-3-4(2-15)16-8-5(10)7(12)11(8)6(3)9(13)14/h4-5,8,15H,2,10H2,1H3,(H,13,14)/t4?,5?,8-/m1/s1. The molecule has 2 rings (SSSR count). The number of carboxylic acid groups (broad SMARTS) is 1. The van der Waals surface area contributed by atoms with Crippen LogP contribution in [0.5, 0.6) is 0 Å². The first kappa shape index (κ1) is 11.8. The molecule has 0 aromatic heterocycles. The van der Waals surface area contributed by atoms with Crippen LogP contribution in [-0.4, -0.2) is 44.3 Å². The van der Waals surface area contributed by atoms with Crippen molar-refractivity contribution in [2.24, 2.45) is 5.73 Å². The molecule has 7 heteroatoms. The van der Waals surface area contributed by atoms with Gasteiger partial charge in [-0.25, -0.2) is 4.79 Å². The van der Waals surface area contributed by atoms with Crippen molar-refractivity contribution in [2.45, 2.75) is 23.6 Å². The molecule has 0 spiro atoms. The van der Waals surface area contributed by atoms with Gasteiger partial charge in [-0.05, 0) is 12.5 Å². The van der Waals surface area contributed by atoms with Crippen molar-refractivity contribution in [1.82, 2.24) is 4.90 Å². The number of β-lactam (4-membered cyclic amide) rings is 1. The van der Waals surface area contributed by atoms with E-state index in [0.717, 1.165) is 0 Å². The number of carbonyl (C=O) groups is 2. The topological polar surface area (TPSA) is 83.6 Å². The van der Waals surface area contributed by atoms with E-state index in [9.17, 15) is 9.59 Å². The molecule has 1 amide bonds. The summed E-state index contributed by atoms with van der Waals surface area (Å²) in [5.74, 6) is -0.847. The molecule has 2 unspecified atom stereocenters. The lowest BCUT2D eigenvalue weighted by molar-refractivity contribution is -0.148. The fraction of sp³-hybridized carbons (Fsp3) is 0.556. The third-order valence-corrected chi connectivity index (χ3v) is 5.10. The number of hydrogen-bond donors (Lipinski definition) is 3. The highest BCUT2D eigenvalue weighted by Crippen LogP contribution is 2.43. The second-order valence-electron chi connectivity index (χ2n) is 3.77. The Morgan fingerprint density at radius 2 is 2.31 bits per heavy atom. The van der Waals surface area contributed by atoms with Crippen LogP contribution in [0.15, 0.2) is 11.3 Å². The molecular weight excluding hydrogens is 248 g/mol. The predicted molar refractivity (Wildman–Crippen MR) is 64.2 cm³/mol. The predicted octanol–water partition coefficient (Wildman–Crippen LogP) is -0.114. The maximum Gasteiger partial charge on any atom is 0.352 e. The minimum atomic E-state index is -1.07. The van der Waals surface area contributed by atoms with E-state index in [2.05, 4.69) is 12.6 Å². The molecule has 2 aliphatic rings. The summed E-state index contributed by atoms with van der Waals surface area (Å²) in [6.07, 6.45) is 0. The normalized spacial score (nSPS) is 33.6. The number of carboxylic acids is 1. The van der Waals surface area contributed by atoms with Crippen LogP contribution >= 0.6 is 24.4 Å². The number of rotatable bonds is 2. The fourth-order valence-corrected chi connectivity index (χ4v) is 3.82. The van der Waals surface area contributed by atoms with Gasteiger partial charge in [0, 0.05) is 11.0 Å². The average Bonchev–Trinajstić information content (AvgIpc) is 2.26. The molecule has 0 radical (unpaired) electrons. The second kappa shape index (κ2) is 3.97. The Hall–Kier alpha value is -0.660. The van der Waals surface area contributed by atoms with Crippen molar-refractivity contribution in [2.75, 3.05) is 5.75 Å². The van der Waals surface area contributed by atoms with Crippen molar-refractivity contribution < 1.29 is 14.7 Å². The number of thiol groups is 1. The number of thioether (sulfide) groups is 1. The van der Waals surface area contributed by atoms with Gasteiger partial charge in [0.2, 0.25) is 5.91 Å². The van der Waals surface area contributed by atoms with Crippen LogP contribution in [0.25, 0.3) is 0 Å².